The smallest absolute Gasteiger partial charge is 0.407 e. The third-order valence-electron chi connectivity index (χ3n) is 12.8. The second-order valence-electron chi connectivity index (χ2n) is 18.1. The summed E-state index contributed by atoms with van der Waals surface area (Å²) in [4.78, 5) is 84.0. The summed E-state index contributed by atoms with van der Waals surface area (Å²) in [5, 5.41) is 11.3. The summed E-state index contributed by atoms with van der Waals surface area (Å²) in [6.07, 6.45) is 2.78. The van der Waals surface area contributed by atoms with E-state index >= 15 is 0 Å². The van der Waals surface area contributed by atoms with E-state index in [1.807, 2.05) is 52.0 Å². The first-order chi connectivity index (χ1) is 30.6. The monoisotopic (exact) mass is 879 g/mol. The molecule has 3 aromatic rings. The third-order valence-corrected chi connectivity index (χ3v) is 12.8. The van der Waals surface area contributed by atoms with E-state index in [9.17, 15) is 28.8 Å². The van der Waals surface area contributed by atoms with Crippen molar-refractivity contribution in [2.75, 3.05) is 42.8 Å². The Bertz CT molecular complexity index is 2000. The number of amides is 6. The van der Waals surface area contributed by atoms with Crippen molar-refractivity contribution in [1.29, 1.82) is 0 Å². The molecule has 3 fully saturated rings. The highest BCUT2D eigenvalue weighted by Gasteiger charge is 2.41. The zero-order valence-electron chi connectivity index (χ0n) is 38.4. The zero-order chi connectivity index (χ0) is 46.2. The molecule has 3 aromatic carbocycles. The number of alkyl carbamates (subject to hydrolysis) is 2. The van der Waals surface area contributed by atoms with Crippen LogP contribution in [0.25, 0.3) is 0 Å². The van der Waals surface area contributed by atoms with Gasteiger partial charge in [-0.25, -0.2) is 9.59 Å². The Kier molecular flexibility index (Phi) is 15.6. The molecule has 3 saturated heterocycles. The maximum Gasteiger partial charge on any atom is 0.407 e. The number of hydrogen-bond acceptors (Lipinski definition) is 9. The maximum atomic E-state index is 13.7. The number of hydrogen-bond donors (Lipinski definition) is 4. The summed E-state index contributed by atoms with van der Waals surface area (Å²) in [6.45, 7) is 12.6. The molecule has 6 atom stereocenters. The van der Waals surface area contributed by atoms with Gasteiger partial charge in [-0.1, -0.05) is 77.9 Å². The van der Waals surface area contributed by atoms with Gasteiger partial charge >= 0.3 is 12.2 Å². The van der Waals surface area contributed by atoms with Crippen LogP contribution < -0.4 is 26.2 Å². The van der Waals surface area contributed by atoms with Crippen LogP contribution in [0.1, 0.15) is 115 Å². The second kappa shape index (κ2) is 21.0. The van der Waals surface area contributed by atoms with E-state index in [1.165, 1.54) is 19.8 Å². The first kappa shape index (κ1) is 47.4. The van der Waals surface area contributed by atoms with Crippen molar-refractivity contribution in [3.05, 3.63) is 89.5 Å². The number of likely N-dealkylation sites (tertiary alicyclic amines) is 2. The Balaban J connectivity index is 1.16. The van der Waals surface area contributed by atoms with Crippen molar-refractivity contribution in [3.63, 3.8) is 0 Å². The molecule has 0 spiro atoms. The van der Waals surface area contributed by atoms with E-state index in [2.05, 4.69) is 88.5 Å². The zero-order valence-corrected chi connectivity index (χ0v) is 38.4. The minimum absolute atomic E-state index is 0.0338. The number of anilines is 3. The van der Waals surface area contributed by atoms with Crippen molar-refractivity contribution >= 4 is 52.9 Å². The molecule has 3 heterocycles. The number of carbonyl (C=O) groups is 6. The van der Waals surface area contributed by atoms with Crippen LogP contribution in [0.15, 0.2) is 72.8 Å². The standard InChI is InChI=1S/C49H65N7O8/c1-29(2)32-17-23-37(24-18-32)56-38(33-13-19-35(20-14-33)50-44(57)40-11-9-27-54(40)46(59)42(30(3)4)52-48(61)63-7)25-26-39(56)34-15-21-36(22-16-34)51-45(58)41-12-10-28-55(41)47(60)43(31(5)6)53-49(62)64-8/h13-24,29-31,38-43H,9-12,25-28H2,1-8H3,(H,50,57)(H,51,58)(H,52,61)(H,53,62)/t38?,39?,40-,41-,42-,43-/m0/s1. The number of nitrogens with one attached hydrogen (secondary N) is 4. The molecule has 3 aliphatic heterocycles. The predicted molar refractivity (Wildman–Crippen MR) is 246 cm³/mol. The van der Waals surface area contributed by atoms with Crippen LogP contribution in [0.5, 0.6) is 0 Å². The van der Waals surface area contributed by atoms with E-state index in [-0.39, 0.29) is 47.5 Å². The normalized spacial score (nSPS) is 20.6. The highest BCUT2D eigenvalue weighted by atomic mass is 16.5. The molecular formula is C49H65N7O8. The van der Waals surface area contributed by atoms with Gasteiger partial charge in [-0.2, -0.15) is 0 Å². The van der Waals surface area contributed by atoms with Gasteiger partial charge in [0.15, 0.2) is 0 Å². The molecule has 3 aliphatic rings. The highest BCUT2D eigenvalue weighted by Crippen LogP contribution is 2.47. The van der Waals surface area contributed by atoms with Crippen LogP contribution in [0.4, 0.5) is 26.7 Å². The average molecular weight is 880 g/mol. The van der Waals surface area contributed by atoms with Crippen molar-refractivity contribution < 1.29 is 38.2 Å². The predicted octanol–water partition coefficient (Wildman–Crippen LogP) is 7.51. The Morgan fingerprint density at radius 1 is 0.547 bits per heavy atom. The fraction of sp³-hybridized carbons (Fsp3) is 0.510. The number of methoxy groups -OCH3 is 2. The van der Waals surface area contributed by atoms with Crippen LogP contribution in [0, 0.1) is 11.8 Å². The van der Waals surface area contributed by atoms with Crippen molar-refractivity contribution in [2.24, 2.45) is 11.8 Å². The molecule has 64 heavy (non-hydrogen) atoms. The van der Waals surface area contributed by atoms with Crippen molar-refractivity contribution in [3.8, 4) is 0 Å². The quantitative estimate of drug-likeness (QED) is 0.128. The largest absolute Gasteiger partial charge is 0.453 e. The number of benzene rings is 3. The number of rotatable bonds is 14. The molecule has 0 aromatic heterocycles. The summed E-state index contributed by atoms with van der Waals surface area (Å²) in [5.41, 5.74) is 5.79. The van der Waals surface area contributed by atoms with Crippen LogP contribution in [-0.4, -0.2) is 97.1 Å². The lowest BCUT2D eigenvalue weighted by molar-refractivity contribution is -0.139. The van der Waals surface area contributed by atoms with Crippen LogP contribution in [-0.2, 0) is 28.7 Å². The lowest BCUT2D eigenvalue weighted by Crippen LogP contribution is -2.54. The fourth-order valence-electron chi connectivity index (χ4n) is 9.25. The molecule has 344 valence electrons. The van der Waals surface area contributed by atoms with Gasteiger partial charge in [-0.3, -0.25) is 19.2 Å². The van der Waals surface area contributed by atoms with Crippen LogP contribution in [0.2, 0.25) is 0 Å². The lowest BCUT2D eigenvalue weighted by Gasteiger charge is -2.34. The van der Waals surface area contributed by atoms with Crippen LogP contribution >= 0.6 is 0 Å². The molecule has 2 unspecified atom stereocenters. The Labute approximate surface area is 377 Å². The first-order valence-electron chi connectivity index (χ1n) is 22.6. The van der Waals surface area contributed by atoms with Gasteiger partial charge in [0, 0.05) is 30.2 Å². The molecular weight excluding hydrogens is 815 g/mol. The Hall–Kier alpha value is -6.12. The highest BCUT2D eigenvalue weighted by molar-refractivity contribution is 5.99. The first-order valence-corrected chi connectivity index (χ1v) is 22.6. The SMILES string of the molecule is COC(=O)N[C@H](C(=O)N1CCC[C@H]1C(=O)Nc1ccc(C2CCC(c3ccc(NC(=O)[C@@H]4CCCN4C(=O)[C@@H](NC(=O)OC)C(C)C)cc3)N2c2ccc(C(C)C)cc2)cc1)C(C)C. The number of ether oxygens (including phenoxy) is 2. The summed E-state index contributed by atoms with van der Waals surface area (Å²) in [7, 11) is 2.50. The van der Waals surface area contributed by atoms with Crippen molar-refractivity contribution in [2.45, 2.75) is 122 Å². The van der Waals surface area contributed by atoms with E-state index in [0.717, 1.165) is 29.7 Å². The third kappa shape index (κ3) is 10.8. The molecule has 0 saturated carbocycles. The molecule has 0 radical (unpaired) electrons. The minimum Gasteiger partial charge on any atom is -0.453 e. The number of carbonyl (C=O) groups excluding carboxylic acids is 6. The molecule has 0 aliphatic carbocycles. The van der Waals surface area contributed by atoms with Gasteiger partial charge in [0.25, 0.3) is 0 Å². The summed E-state index contributed by atoms with van der Waals surface area (Å²) >= 11 is 0. The van der Waals surface area contributed by atoms with Gasteiger partial charge in [0.1, 0.15) is 24.2 Å². The van der Waals surface area contributed by atoms with Gasteiger partial charge < -0.3 is 45.4 Å². The van der Waals surface area contributed by atoms with E-state index < -0.39 is 36.4 Å². The summed E-state index contributed by atoms with van der Waals surface area (Å²) in [5.74, 6) is -1.16. The van der Waals surface area contributed by atoms with Gasteiger partial charge in [0.05, 0.1) is 26.3 Å². The average Bonchev–Trinajstić information content (AvgIpc) is 4.08. The second-order valence-corrected chi connectivity index (χ2v) is 18.1. The Morgan fingerprint density at radius 2 is 0.938 bits per heavy atom. The molecule has 15 heteroatoms. The van der Waals surface area contributed by atoms with Gasteiger partial charge in [-0.15, -0.1) is 0 Å². The fourth-order valence-corrected chi connectivity index (χ4v) is 9.25. The molecule has 6 rings (SSSR count). The molecule has 0 bridgehead atoms. The molecule has 15 nitrogen and oxygen atoms in total. The molecule has 4 N–H and O–H groups in total. The topological polar surface area (TPSA) is 179 Å². The van der Waals surface area contributed by atoms with E-state index in [4.69, 9.17) is 9.47 Å². The van der Waals surface area contributed by atoms with E-state index in [1.54, 1.807) is 9.80 Å². The van der Waals surface area contributed by atoms with Gasteiger partial charge in [0.2, 0.25) is 23.6 Å². The van der Waals surface area contributed by atoms with Gasteiger partial charge in [-0.05, 0) is 109 Å². The Morgan fingerprint density at radius 3 is 1.28 bits per heavy atom. The lowest BCUT2D eigenvalue weighted by atomic mass is 10.0. The summed E-state index contributed by atoms with van der Waals surface area (Å²) in [6, 6.07) is 21.7. The minimum atomic E-state index is -0.812. The molecule has 6 amide bonds. The van der Waals surface area contributed by atoms with Crippen molar-refractivity contribution in [1.82, 2.24) is 20.4 Å². The van der Waals surface area contributed by atoms with E-state index in [0.29, 0.717) is 56.1 Å². The van der Waals surface area contributed by atoms with Crippen LogP contribution in [0.3, 0.4) is 0 Å². The maximum absolute atomic E-state index is 13.7. The number of nitrogens with zero attached hydrogens (tertiary/aromatic N) is 3. The summed E-state index contributed by atoms with van der Waals surface area (Å²) < 4.78 is 9.48.